The van der Waals surface area contributed by atoms with Gasteiger partial charge in [0.25, 0.3) is 23.6 Å². The molecule has 5 rings (SSSR count). The molecule has 192 valence electrons. The number of pyridine rings is 1. The van der Waals surface area contributed by atoms with E-state index in [2.05, 4.69) is 15.6 Å². The minimum Gasteiger partial charge on any atom is -0.321 e. The lowest BCUT2D eigenvalue weighted by Crippen LogP contribution is -2.30. The second kappa shape index (κ2) is 11.6. The Morgan fingerprint density at radius 1 is 0.846 bits per heavy atom. The molecule has 3 aromatic carbocycles. The van der Waals surface area contributed by atoms with Crippen LogP contribution >= 0.6 is 11.8 Å². The van der Waals surface area contributed by atoms with Crippen molar-refractivity contribution in [3.05, 3.63) is 131 Å². The van der Waals surface area contributed by atoms with Gasteiger partial charge in [-0.15, -0.1) is 11.8 Å². The molecule has 0 aliphatic carbocycles. The Hall–Kier alpha value is -5.02. The fourth-order valence-electron chi connectivity index (χ4n) is 3.93. The van der Waals surface area contributed by atoms with Gasteiger partial charge in [0.15, 0.2) is 0 Å². The van der Waals surface area contributed by atoms with Gasteiger partial charge in [0.05, 0.1) is 17.0 Å². The van der Waals surface area contributed by atoms with E-state index in [0.717, 1.165) is 4.90 Å². The van der Waals surface area contributed by atoms with Gasteiger partial charge in [-0.3, -0.25) is 29.1 Å². The summed E-state index contributed by atoms with van der Waals surface area (Å²) in [5.41, 5.74) is 2.37. The van der Waals surface area contributed by atoms with E-state index < -0.39 is 11.8 Å². The summed E-state index contributed by atoms with van der Waals surface area (Å²) in [7, 11) is 0. The number of benzene rings is 3. The molecule has 1 aromatic heterocycles. The summed E-state index contributed by atoms with van der Waals surface area (Å²) in [5, 5.41) is 5.51. The summed E-state index contributed by atoms with van der Waals surface area (Å²) >= 11 is 1.30. The number of amides is 4. The van der Waals surface area contributed by atoms with Crippen molar-refractivity contribution < 1.29 is 19.2 Å². The topological polar surface area (TPSA) is 108 Å². The molecule has 0 fully saturated rings. The molecule has 39 heavy (non-hydrogen) atoms. The molecule has 0 saturated carbocycles. The molecule has 2 N–H and O–H groups in total. The van der Waals surface area contributed by atoms with E-state index in [1.807, 2.05) is 6.07 Å². The molecule has 9 heteroatoms. The van der Waals surface area contributed by atoms with Gasteiger partial charge < -0.3 is 10.6 Å². The van der Waals surface area contributed by atoms with Gasteiger partial charge in [-0.1, -0.05) is 42.5 Å². The van der Waals surface area contributed by atoms with Crippen molar-refractivity contribution in [2.75, 3.05) is 11.2 Å². The Kier molecular flexibility index (Phi) is 7.60. The lowest BCUT2D eigenvalue weighted by atomic mass is 10.1. The SMILES string of the molecule is O=C(Nc1cccc(SCN2C(=O)c3ccccc3C2=O)c1)/C(=C\c1cccnc1)NC(=O)c1ccccc1. The van der Waals surface area contributed by atoms with Gasteiger partial charge in [0.2, 0.25) is 0 Å². The maximum Gasteiger partial charge on any atom is 0.272 e. The summed E-state index contributed by atoms with van der Waals surface area (Å²) in [6.07, 6.45) is 4.74. The van der Waals surface area contributed by atoms with Crippen LogP contribution in [-0.2, 0) is 4.79 Å². The highest BCUT2D eigenvalue weighted by Crippen LogP contribution is 2.28. The molecule has 1 aliphatic heterocycles. The molecular weight excluding hydrogens is 512 g/mol. The minimum absolute atomic E-state index is 0.0425. The second-order valence-corrected chi connectivity index (χ2v) is 9.52. The van der Waals surface area contributed by atoms with E-state index >= 15 is 0 Å². The summed E-state index contributed by atoms with van der Waals surface area (Å²) in [6.45, 7) is 0. The first-order valence-electron chi connectivity index (χ1n) is 12.0. The smallest absolute Gasteiger partial charge is 0.272 e. The van der Waals surface area contributed by atoms with Crippen LogP contribution in [0, 0.1) is 0 Å². The molecule has 2 heterocycles. The van der Waals surface area contributed by atoms with Gasteiger partial charge in [-0.2, -0.15) is 0 Å². The number of rotatable bonds is 8. The van der Waals surface area contributed by atoms with E-state index in [4.69, 9.17) is 0 Å². The molecule has 0 saturated heterocycles. The normalized spacial score (nSPS) is 12.7. The van der Waals surface area contributed by atoms with Crippen LogP contribution in [0.25, 0.3) is 6.08 Å². The van der Waals surface area contributed by atoms with Crippen LogP contribution in [0.2, 0.25) is 0 Å². The number of hydrogen-bond acceptors (Lipinski definition) is 6. The summed E-state index contributed by atoms with van der Waals surface area (Å²) in [6, 6.07) is 25.9. The average molecular weight is 535 g/mol. The third kappa shape index (κ3) is 5.94. The van der Waals surface area contributed by atoms with Crippen molar-refractivity contribution in [2.45, 2.75) is 4.90 Å². The van der Waals surface area contributed by atoms with Crippen LogP contribution in [0.3, 0.4) is 0 Å². The van der Waals surface area contributed by atoms with E-state index in [9.17, 15) is 19.2 Å². The predicted molar refractivity (Wildman–Crippen MR) is 149 cm³/mol. The Morgan fingerprint density at radius 3 is 2.26 bits per heavy atom. The van der Waals surface area contributed by atoms with Crippen LogP contribution in [0.5, 0.6) is 0 Å². The van der Waals surface area contributed by atoms with Crippen LogP contribution in [0.1, 0.15) is 36.6 Å². The summed E-state index contributed by atoms with van der Waals surface area (Å²) < 4.78 is 0. The highest BCUT2D eigenvalue weighted by molar-refractivity contribution is 7.99. The maximum atomic E-state index is 13.3. The highest BCUT2D eigenvalue weighted by atomic mass is 32.2. The van der Waals surface area contributed by atoms with E-state index in [1.165, 1.54) is 16.7 Å². The number of thioether (sulfide) groups is 1. The zero-order valence-electron chi connectivity index (χ0n) is 20.5. The van der Waals surface area contributed by atoms with Gasteiger partial charge in [-0.05, 0) is 60.2 Å². The van der Waals surface area contributed by atoms with Crippen molar-refractivity contribution in [3.63, 3.8) is 0 Å². The molecule has 1 aliphatic rings. The van der Waals surface area contributed by atoms with Crippen LogP contribution < -0.4 is 10.6 Å². The van der Waals surface area contributed by atoms with Crippen molar-refractivity contribution in [1.29, 1.82) is 0 Å². The Balaban J connectivity index is 1.29. The number of aromatic nitrogens is 1. The minimum atomic E-state index is -0.523. The molecule has 0 unspecified atom stereocenters. The molecule has 0 atom stereocenters. The third-order valence-corrected chi connectivity index (χ3v) is 6.83. The number of fused-ring (bicyclic) bond motifs is 1. The zero-order valence-corrected chi connectivity index (χ0v) is 21.4. The quantitative estimate of drug-likeness (QED) is 0.190. The lowest BCUT2D eigenvalue weighted by molar-refractivity contribution is -0.113. The first-order chi connectivity index (χ1) is 19.0. The molecule has 0 bridgehead atoms. The number of nitrogens with zero attached hydrogens (tertiary/aromatic N) is 2. The average Bonchev–Trinajstić information content (AvgIpc) is 3.21. The summed E-state index contributed by atoms with van der Waals surface area (Å²) in [5.74, 6) is -1.47. The molecule has 0 radical (unpaired) electrons. The Morgan fingerprint density at radius 2 is 1.56 bits per heavy atom. The number of imide groups is 1. The van der Waals surface area contributed by atoms with Gasteiger partial charge in [0, 0.05) is 28.5 Å². The van der Waals surface area contributed by atoms with Gasteiger partial charge in [-0.25, -0.2) is 0 Å². The molecule has 4 aromatic rings. The number of nitrogens with one attached hydrogen (secondary N) is 2. The number of carbonyl (C=O) groups is 4. The maximum absolute atomic E-state index is 13.3. The van der Waals surface area contributed by atoms with E-state index in [0.29, 0.717) is 27.9 Å². The third-order valence-electron chi connectivity index (χ3n) is 5.85. The van der Waals surface area contributed by atoms with Crippen LogP contribution in [-0.4, -0.2) is 39.4 Å². The van der Waals surface area contributed by atoms with E-state index in [-0.39, 0.29) is 23.4 Å². The monoisotopic (exact) mass is 534 g/mol. The van der Waals surface area contributed by atoms with Gasteiger partial charge >= 0.3 is 0 Å². The van der Waals surface area contributed by atoms with Crippen molar-refractivity contribution in [3.8, 4) is 0 Å². The van der Waals surface area contributed by atoms with Crippen molar-refractivity contribution >= 4 is 47.2 Å². The summed E-state index contributed by atoms with van der Waals surface area (Å²) in [4.78, 5) is 57.4. The Bertz CT molecular complexity index is 1550. The fourth-order valence-corrected chi connectivity index (χ4v) is 4.83. The molecular formula is C30H22N4O4S. The first-order valence-corrected chi connectivity index (χ1v) is 13.0. The highest BCUT2D eigenvalue weighted by Gasteiger charge is 2.34. The predicted octanol–water partition coefficient (Wildman–Crippen LogP) is 4.84. The zero-order chi connectivity index (χ0) is 27.2. The number of anilines is 1. The van der Waals surface area contributed by atoms with E-state index in [1.54, 1.807) is 103 Å². The lowest BCUT2D eigenvalue weighted by Gasteiger charge is -2.14. The van der Waals surface area contributed by atoms with Crippen molar-refractivity contribution in [1.82, 2.24) is 15.2 Å². The van der Waals surface area contributed by atoms with Gasteiger partial charge in [0.1, 0.15) is 5.70 Å². The molecule has 4 amide bonds. The van der Waals surface area contributed by atoms with Crippen LogP contribution in [0.4, 0.5) is 5.69 Å². The first kappa shape index (κ1) is 25.6. The Labute approximate surface area is 228 Å². The molecule has 8 nitrogen and oxygen atoms in total. The second-order valence-electron chi connectivity index (χ2n) is 8.50. The standard InChI is InChI=1S/C30H22N4O4S/c35-27(21-9-2-1-3-10-21)33-26(16-20-8-7-15-31-18-20)28(36)32-22-11-6-12-23(17-22)39-19-34-29(37)24-13-4-5-14-25(24)30(34)38/h1-18H,19H2,(H,32,36)(H,33,35)/b26-16+. The van der Waals surface area contributed by atoms with Crippen molar-refractivity contribution in [2.24, 2.45) is 0 Å². The number of carbonyl (C=O) groups excluding carboxylic acids is 4. The largest absolute Gasteiger partial charge is 0.321 e. The van der Waals surface area contributed by atoms with Crippen LogP contribution in [0.15, 0.2) is 114 Å². The molecule has 0 spiro atoms. The fraction of sp³-hybridized carbons (Fsp3) is 0.0333. The number of hydrogen-bond donors (Lipinski definition) is 2.